The van der Waals surface area contributed by atoms with Crippen LogP contribution >= 0.6 is 0 Å². The van der Waals surface area contributed by atoms with Crippen molar-refractivity contribution in [1.82, 2.24) is 9.62 Å². The molecule has 1 aliphatic carbocycles. The summed E-state index contributed by atoms with van der Waals surface area (Å²) in [7, 11) is 0.368. The van der Waals surface area contributed by atoms with Crippen LogP contribution < -0.4 is 5.32 Å². The highest BCUT2D eigenvalue weighted by Crippen LogP contribution is 2.29. The van der Waals surface area contributed by atoms with Crippen LogP contribution in [0.1, 0.15) is 39.5 Å². The fourth-order valence-electron chi connectivity index (χ4n) is 2.70. The van der Waals surface area contributed by atoms with E-state index in [0.29, 0.717) is 12.5 Å². The van der Waals surface area contributed by atoms with E-state index in [-0.39, 0.29) is 11.3 Å². The largest absolute Gasteiger partial charge is 0.318 e. The first-order valence-electron chi connectivity index (χ1n) is 6.52. The number of sulfonamides is 1. The zero-order chi connectivity index (χ0) is 13.1. The van der Waals surface area contributed by atoms with Gasteiger partial charge < -0.3 is 5.32 Å². The molecule has 0 bridgehead atoms. The van der Waals surface area contributed by atoms with Gasteiger partial charge in [0.2, 0.25) is 10.0 Å². The van der Waals surface area contributed by atoms with Gasteiger partial charge in [-0.05, 0) is 32.7 Å². The highest BCUT2D eigenvalue weighted by molar-refractivity contribution is 7.89. The van der Waals surface area contributed by atoms with E-state index < -0.39 is 10.0 Å². The lowest BCUT2D eigenvalue weighted by molar-refractivity contribution is 0.212. The van der Waals surface area contributed by atoms with Gasteiger partial charge in [0.05, 0.1) is 5.25 Å². The van der Waals surface area contributed by atoms with Gasteiger partial charge in [-0.3, -0.25) is 0 Å². The quantitative estimate of drug-likeness (QED) is 0.815. The molecule has 0 aromatic carbocycles. The molecule has 0 aliphatic heterocycles. The lowest BCUT2D eigenvalue weighted by Crippen LogP contribution is -2.47. The van der Waals surface area contributed by atoms with Gasteiger partial charge in [-0.15, -0.1) is 0 Å². The van der Waals surface area contributed by atoms with Crippen molar-refractivity contribution >= 4 is 10.0 Å². The number of hydrogen-bond donors (Lipinski definition) is 1. The first-order chi connectivity index (χ1) is 7.91. The molecule has 17 heavy (non-hydrogen) atoms. The molecule has 1 aliphatic rings. The van der Waals surface area contributed by atoms with Crippen molar-refractivity contribution in [3.63, 3.8) is 0 Å². The standard InChI is InChI=1S/C12H26N2O2S/c1-10-7-5-6-8-12(10)14(4)17(15,16)11(2)9-13-3/h10-13H,5-9H2,1-4H3. The van der Waals surface area contributed by atoms with Crippen LogP contribution in [-0.2, 0) is 10.0 Å². The molecular weight excluding hydrogens is 236 g/mol. The number of hydrogen-bond acceptors (Lipinski definition) is 3. The fourth-order valence-corrected chi connectivity index (χ4v) is 4.34. The molecule has 0 aromatic heterocycles. The van der Waals surface area contributed by atoms with Crippen LogP contribution in [0.25, 0.3) is 0 Å². The summed E-state index contributed by atoms with van der Waals surface area (Å²) < 4.78 is 26.3. The Morgan fingerprint density at radius 2 is 1.94 bits per heavy atom. The fraction of sp³-hybridized carbons (Fsp3) is 1.00. The van der Waals surface area contributed by atoms with Crippen LogP contribution in [0.4, 0.5) is 0 Å². The van der Waals surface area contributed by atoms with Crippen LogP contribution in [0.2, 0.25) is 0 Å². The first kappa shape index (κ1) is 14.9. The van der Waals surface area contributed by atoms with Crippen molar-refractivity contribution in [2.75, 3.05) is 20.6 Å². The summed E-state index contributed by atoms with van der Waals surface area (Å²) in [6.07, 6.45) is 4.53. The Balaban J connectivity index is 2.76. The highest BCUT2D eigenvalue weighted by Gasteiger charge is 2.34. The normalized spacial score (nSPS) is 28.3. The molecule has 5 heteroatoms. The lowest BCUT2D eigenvalue weighted by atomic mass is 9.86. The van der Waals surface area contributed by atoms with E-state index in [1.807, 2.05) is 0 Å². The van der Waals surface area contributed by atoms with Gasteiger partial charge >= 0.3 is 0 Å². The Bertz CT molecular complexity index is 329. The minimum absolute atomic E-state index is 0.188. The van der Waals surface area contributed by atoms with Gasteiger partial charge in [-0.2, -0.15) is 0 Å². The molecule has 0 aromatic rings. The second kappa shape index (κ2) is 6.16. The second-order valence-electron chi connectivity index (χ2n) is 5.26. The SMILES string of the molecule is CNCC(C)S(=O)(=O)N(C)C1CCCCC1C. The maximum atomic E-state index is 12.4. The van der Waals surface area contributed by atoms with Crippen molar-refractivity contribution in [3.05, 3.63) is 0 Å². The van der Waals surface area contributed by atoms with Gasteiger partial charge in [-0.25, -0.2) is 12.7 Å². The van der Waals surface area contributed by atoms with Crippen LogP contribution in [0, 0.1) is 5.92 Å². The topological polar surface area (TPSA) is 49.4 Å². The number of nitrogens with one attached hydrogen (secondary N) is 1. The summed E-state index contributed by atoms with van der Waals surface area (Å²) in [5, 5.41) is 2.58. The maximum absolute atomic E-state index is 12.4. The van der Waals surface area contributed by atoms with Crippen molar-refractivity contribution in [1.29, 1.82) is 0 Å². The van der Waals surface area contributed by atoms with Gasteiger partial charge in [0.25, 0.3) is 0 Å². The Labute approximate surface area is 106 Å². The van der Waals surface area contributed by atoms with Crippen LogP contribution in [0.15, 0.2) is 0 Å². The van der Waals surface area contributed by atoms with E-state index in [2.05, 4.69) is 12.2 Å². The minimum atomic E-state index is -3.16. The maximum Gasteiger partial charge on any atom is 0.217 e. The van der Waals surface area contributed by atoms with Crippen molar-refractivity contribution in [3.8, 4) is 0 Å². The highest BCUT2D eigenvalue weighted by atomic mass is 32.2. The van der Waals surface area contributed by atoms with Crippen LogP contribution in [-0.4, -0.2) is 44.7 Å². The van der Waals surface area contributed by atoms with Gasteiger partial charge in [-0.1, -0.05) is 19.8 Å². The zero-order valence-corrected chi connectivity index (χ0v) is 12.3. The Morgan fingerprint density at radius 3 is 2.47 bits per heavy atom. The third-order valence-corrected chi connectivity index (χ3v) is 6.19. The van der Waals surface area contributed by atoms with E-state index in [9.17, 15) is 8.42 Å². The molecule has 3 atom stereocenters. The summed E-state index contributed by atoms with van der Waals surface area (Å²) in [4.78, 5) is 0. The summed E-state index contributed by atoms with van der Waals surface area (Å²) in [5.41, 5.74) is 0. The third kappa shape index (κ3) is 3.42. The molecule has 1 fully saturated rings. The zero-order valence-electron chi connectivity index (χ0n) is 11.4. The Kier molecular flexibility index (Phi) is 5.41. The Hall–Kier alpha value is -0.130. The molecule has 4 nitrogen and oxygen atoms in total. The van der Waals surface area contributed by atoms with Crippen LogP contribution in [0.3, 0.4) is 0 Å². The molecule has 0 saturated heterocycles. The molecule has 0 radical (unpaired) electrons. The number of nitrogens with zero attached hydrogens (tertiary/aromatic N) is 1. The van der Waals surface area contributed by atoms with E-state index >= 15 is 0 Å². The molecule has 1 rings (SSSR count). The lowest BCUT2D eigenvalue weighted by Gasteiger charge is -2.36. The molecular formula is C12H26N2O2S. The van der Waals surface area contributed by atoms with E-state index in [1.165, 1.54) is 6.42 Å². The molecule has 3 unspecified atom stereocenters. The van der Waals surface area contributed by atoms with Gasteiger partial charge in [0.1, 0.15) is 0 Å². The predicted molar refractivity (Wildman–Crippen MR) is 71.5 cm³/mol. The Morgan fingerprint density at radius 1 is 1.35 bits per heavy atom. The molecule has 102 valence electrons. The van der Waals surface area contributed by atoms with E-state index in [1.54, 1.807) is 25.3 Å². The summed E-state index contributed by atoms with van der Waals surface area (Å²) in [6.45, 7) is 4.45. The van der Waals surface area contributed by atoms with Gasteiger partial charge in [0.15, 0.2) is 0 Å². The monoisotopic (exact) mass is 262 g/mol. The first-order valence-corrected chi connectivity index (χ1v) is 8.03. The van der Waals surface area contributed by atoms with E-state index in [4.69, 9.17) is 0 Å². The molecule has 0 heterocycles. The van der Waals surface area contributed by atoms with Crippen molar-refractivity contribution < 1.29 is 8.42 Å². The van der Waals surface area contributed by atoms with Gasteiger partial charge in [0, 0.05) is 19.6 Å². The van der Waals surface area contributed by atoms with Crippen LogP contribution in [0.5, 0.6) is 0 Å². The predicted octanol–water partition coefficient (Wildman–Crippen LogP) is 1.43. The van der Waals surface area contributed by atoms with E-state index in [0.717, 1.165) is 19.3 Å². The molecule has 1 saturated carbocycles. The summed E-state index contributed by atoms with van der Waals surface area (Å²) in [5.74, 6) is 0.477. The molecule has 0 amide bonds. The van der Waals surface area contributed by atoms with Crippen molar-refractivity contribution in [2.24, 2.45) is 5.92 Å². The second-order valence-corrected chi connectivity index (χ2v) is 7.67. The average molecular weight is 262 g/mol. The number of rotatable bonds is 5. The minimum Gasteiger partial charge on any atom is -0.318 e. The van der Waals surface area contributed by atoms with Crippen molar-refractivity contribution in [2.45, 2.75) is 50.8 Å². The third-order valence-electron chi connectivity index (χ3n) is 3.93. The smallest absolute Gasteiger partial charge is 0.217 e. The average Bonchev–Trinajstić information content (AvgIpc) is 2.29. The summed E-state index contributed by atoms with van der Waals surface area (Å²) in [6, 6.07) is 0.188. The molecule has 1 N–H and O–H groups in total. The molecule has 0 spiro atoms. The summed E-state index contributed by atoms with van der Waals surface area (Å²) >= 11 is 0.